The summed E-state index contributed by atoms with van der Waals surface area (Å²) in [6.45, 7) is 7.55. The van der Waals surface area contributed by atoms with E-state index >= 15 is 0 Å². The Morgan fingerprint density at radius 2 is 2.05 bits per heavy atom. The van der Waals surface area contributed by atoms with Gasteiger partial charge in [-0.1, -0.05) is 35.0 Å². The monoisotopic (exact) mass is 337 g/mol. The summed E-state index contributed by atoms with van der Waals surface area (Å²) in [5.41, 5.74) is 3.98. The Balaban J connectivity index is 2.40. The first-order valence-electron chi connectivity index (χ1n) is 6.67. The Kier molecular flexibility index (Phi) is 5.20. The summed E-state index contributed by atoms with van der Waals surface area (Å²) in [4.78, 5) is 1.41. The number of benzene rings is 1. The number of aryl methyl sites for hydroxylation is 2. The van der Waals surface area contributed by atoms with Crippen molar-refractivity contribution in [1.29, 1.82) is 0 Å². The molecule has 0 aliphatic heterocycles. The van der Waals surface area contributed by atoms with Crippen molar-refractivity contribution in [2.75, 3.05) is 6.54 Å². The maximum atomic E-state index is 3.71. The molecule has 19 heavy (non-hydrogen) atoms. The second-order valence-corrected chi connectivity index (χ2v) is 6.68. The lowest BCUT2D eigenvalue weighted by molar-refractivity contribution is 0.602. The van der Waals surface area contributed by atoms with Gasteiger partial charge < -0.3 is 5.32 Å². The van der Waals surface area contributed by atoms with Crippen molar-refractivity contribution in [3.63, 3.8) is 0 Å². The van der Waals surface area contributed by atoms with Gasteiger partial charge in [-0.2, -0.15) is 0 Å². The first-order chi connectivity index (χ1) is 9.13. The van der Waals surface area contributed by atoms with Crippen molar-refractivity contribution in [2.24, 2.45) is 0 Å². The highest BCUT2D eigenvalue weighted by atomic mass is 79.9. The Morgan fingerprint density at radius 3 is 2.63 bits per heavy atom. The largest absolute Gasteiger partial charge is 0.306 e. The fraction of sp³-hybridized carbons (Fsp3) is 0.375. The molecule has 1 heterocycles. The van der Waals surface area contributed by atoms with Crippen LogP contribution in [0.1, 0.15) is 41.0 Å². The Bertz CT molecular complexity index is 547. The number of thiophene rings is 1. The van der Waals surface area contributed by atoms with E-state index in [0.29, 0.717) is 0 Å². The molecule has 0 aliphatic carbocycles. The number of hydrogen-bond donors (Lipinski definition) is 1. The quantitative estimate of drug-likeness (QED) is 0.788. The Labute approximate surface area is 128 Å². The van der Waals surface area contributed by atoms with E-state index in [2.05, 4.69) is 71.7 Å². The maximum Gasteiger partial charge on any atom is 0.0684 e. The number of rotatable bonds is 5. The van der Waals surface area contributed by atoms with Gasteiger partial charge in [0.2, 0.25) is 0 Å². The number of nitrogens with one attached hydrogen (secondary N) is 1. The highest BCUT2D eigenvalue weighted by Gasteiger charge is 2.19. The SMILES string of the molecule is CCCNC(c1ccc(C)cc1Br)c1sccc1C. The highest BCUT2D eigenvalue weighted by molar-refractivity contribution is 9.10. The van der Waals surface area contributed by atoms with Gasteiger partial charge in [0.25, 0.3) is 0 Å². The molecule has 1 aromatic carbocycles. The van der Waals surface area contributed by atoms with E-state index in [1.807, 2.05) is 11.3 Å². The van der Waals surface area contributed by atoms with E-state index in [-0.39, 0.29) is 6.04 Å². The summed E-state index contributed by atoms with van der Waals surface area (Å²) in [7, 11) is 0. The molecule has 0 radical (unpaired) electrons. The Hall–Kier alpha value is -0.640. The van der Waals surface area contributed by atoms with Crippen LogP contribution >= 0.6 is 27.3 Å². The van der Waals surface area contributed by atoms with Crippen LogP contribution in [0.4, 0.5) is 0 Å². The van der Waals surface area contributed by atoms with Crippen LogP contribution in [0.2, 0.25) is 0 Å². The van der Waals surface area contributed by atoms with Crippen molar-refractivity contribution in [3.05, 3.63) is 55.7 Å². The molecular formula is C16H20BrNS. The van der Waals surface area contributed by atoms with Gasteiger partial charge in [-0.15, -0.1) is 11.3 Å². The molecule has 1 N–H and O–H groups in total. The maximum absolute atomic E-state index is 3.71. The lowest BCUT2D eigenvalue weighted by Gasteiger charge is -2.20. The van der Waals surface area contributed by atoms with Crippen LogP contribution in [0.15, 0.2) is 34.1 Å². The van der Waals surface area contributed by atoms with E-state index < -0.39 is 0 Å². The van der Waals surface area contributed by atoms with Gasteiger partial charge in [0.1, 0.15) is 0 Å². The van der Waals surface area contributed by atoms with Crippen LogP contribution in [0.5, 0.6) is 0 Å². The van der Waals surface area contributed by atoms with Crippen LogP contribution in [0, 0.1) is 13.8 Å². The fourth-order valence-corrected chi connectivity index (χ4v) is 3.92. The number of halogens is 1. The van der Waals surface area contributed by atoms with Crippen LogP contribution < -0.4 is 5.32 Å². The first kappa shape index (κ1) is 14.8. The third kappa shape index (κ3) is 3.47. The van der Waals surface area contributed by atoms with Gasteiger partial charge in [-0.05, 0) is 61.0 Å². The third-order valence-corrected chi connectivity index (χ3v) is 5.00. The zero-order valence-corrected chi connectivity index (χ0v) is 14.1. The van der Waals surface area contributed by atoms with E-state index in [0.717, 1.165) is 13.0 Å². The average molecular weight is 338 g/mol. The van der Waals surface area contributed by atoms with Crippen molar-refractivity contribution in [2.45, 2.75) is 33.2 Å². The van der Waals surface area contributed by atoms with Crippen LogP contribution in [0.25, 0.3) is 0 Å². The molecule has 0 aliphatic rings. The second-order valence-electron chi connectivity index (χ2n) is 4.88. The molecule has 0 saturated carbocycles. The smallest absolute Gasteiger partial charge is 0.0684 e. The zero-order valence-electron chi connectivity index (χ0n) is 11.7. The zero-order chi connectivity index (χ0) is 13.8. The van der Waals surface area contributed by atoms with E-state index in [4.69, 9.17) is 0 Å². The fourth-order valence-electron chi connectivity index (χ4n) is 2.18. The average Bonchev–Trinajstić information content (AvgIpc) is 2.78. The van der Waals surface area contributed by atoms with Crippen molar-refractivity contribution in [1.82, 2.24) is 5.32 Å². The minimum absolute atomic E-state index is 0.287. The predicted molar refractivity (Wildman–Crippen MR) is 88.1 cm³/mol. The summed E-state index contributed by atoms with van der Waals surface area (Å²) >= 11 is 5.55. The molecule has 1 atom stereocenters. The highest BCUT2D eigenvalue weighted by Crippen LogP contribution is 2.33. The topological polar surface area (TPSA) is 12.0 Å². The first-order valence-corrected chi connectivity index (χ1v) is 8.34. The van der Waals surface area contributed by atoms with Gasteiger partial charge in [0.05, 0.1) is 6.04 Å². The lowest BCUT2D eigenvalue weighted by Crippen LogP contribution is -2.23. The second kappa shape index (κ2) is 6.69. The van der Waals surface area contributed by atoms with Gasteiger partial charge in [-0.25, -0.2) is 0 Å². The normalized spacial score (nSPS) is 12.6. The molecular weight excluding hydrogens is 318 g/mol. The predicted octanol–water partition coefficient (Wildman–Crippen LogP) is 5.22. The molecule has 1 unspecified atom stereocenters. The molecule has 102 valence electrons. The molecule has 2 aromatic rings. The third-order valence-electron chi connectivity index (χ3n) is 3.23. The molecule has 0 saturated heterocycles. The molecule has 0 amide bonds. The van der Waals surface area contributed by atoms with Crippen LogP contribution in [0.3, 0.4) is 0 Å². The van der Waals surface area contributed by atoms with E-state index in [9.17, 15) is 0 Å². The van der Waals surface area contributed by atoms with Crippen LogP contribution in [-0.4, -0.2) is 6.54 Å². The molecule has 0 bridgehead atoms. The van der Waals surface area contributed by atoms with Gasteiger partial charge in [0.15, 0.2) is 0 Å². The van der Waals surface area contributed by atoms with Crippen LogP contribution in [-0.2, 0) is 0 Å². The van der Waals surface area contributed by atoms with Crippen molar-refractivity contribution < 1.29 is 0 Å². The molecule has 1 aromatic heterocycles. The molecule has 0 fully saturated rings. The Morgan fingerprint density at radius 1 is 1.26 bits per heavy atom. The standard InChI is InChI=1S/C16H20BrNS/c1-4-8-18-15(16-12(3)7-9-19-16)13-6-5-11(2)10-14(13)17/h5-7,9-10,15,18H,4,8H2,1-3H3. The van der Waals surface area contributed by atoms with Crippen molar-refractivity contribution in [3.8, 4) is 0 Å². The minimum Gasteiger partial charge on any atom is -0.306 e. The summed E-state index contributed by atoms with van der Waals surface area (Å²) < 4.78 is 1.19. The van der Waals surface area contributed by atoms with Gasteiger partial charge in [-0.3, -0.25) is 0 Å². The van der Waals surface area contributed by atoms with Gasteiger partial charge >= 0.3 is 0 Å². The summed E-state index contributed by atoms with van der Waals surface area (Å²) in [6.07, 6.45) is 1.14. The summed E-state index contributed by atoms with van der Waals surface area (Å²) in [6, 6.07) is 9.09. The molecule has 2 rings (SSSR count). The summed E-state index contributed by atoms with van der Waals surface area (Å²) in [5.74, 6) is 0. The molecule has 1 nitrogen and oxygen atoms in total. The minimum atomic E-state index is 0.287. The summed E-state index contributed by atoms with van der Waals surface area (Å²) in [5, 5.41) is 5.84. The van der Waals surface area contributed by atoms with Gasteiger partial charge in [0, 0.05) is 9.35 Å². The van der Waals surface area contributed by atoms with E-state index in [1.165, 1.54) is 26.0 Å². The molecule has 3 heteroatoms. The lowest BCUT2D eigenvalue weighted by atomic mass is 10.0. The number of hydrogen-bond acceptors (Lipinski definition) is 2. The van der Waals surface area contributed by atoms with Crippen molar-refractivity contribution >= 4 is 27.3 Å². The molecule has 0 spiro atoms. The van der Waals surface area contributed by atoms with E-state index in [1.54, 1.807) is 0 Å².